The van der Waals surface area contributed by atoms with E-state index in [0.29, 0.717) is 0 Å². The molecule has 0 radical (unpaired) electrons. The first-order chi connectivity index (χ1) is 36.7. The van der Waals surface area contributed by atoms with Crippen LogP contribution in [0.2, 0.25) is 0 Å². The van der Waals surface area contributed by atoms with Crippen molar-refractivity contribution in [2.45, 2.75) is 0 Å². The third-order valence-corrected chi connectivity index (χ3v) is 14.5. The van der Waals surface area contributed by atoms with Gasteiger partial charge in [0.25, 0.3) is 0 Å². The molecule has 2 heteroatoms. The first-order valence-corrected chi connectivity index (χ1v) is 25.4. The molecular weight excluding hydrogens is 893 g/mol. The summed E-state index contributed by atoms with van der Waals surface area (Å²) in [5.74, 6) is 0. The highest BCUT2D eigenvalue weighted by atomic mass is 15.1. The van der Waals surface area contributed by atoms with Gasteiger partial charge >= 0.3 is 0 Å². The number of nitrogens with zero attached hydrogens (tertiary/aromatic N) is 2. The molecule has 74 heavy (non-hydrogen) atoms. The molecule has 0 amide bonds. The fourth-order valence-corrected chi connectivity index (χ4v) is 10.7. The Balaban J connectivity index is 0.867. The van der Waals surface area contributed by atoms with E-state index in [1.165, 1.54) is 76.8 Å². The molecule has 0 aliphatic rings. The van der Waals surface area contributed by atoms with Gasteiger partial charge in [-0.15, -0.1) is 0 Å². The fraction of sp³-hybridized carbons (Fsp3) is 0. The highest BCUT2D eigenvalue weighted by Gasteiger charge is 2.20. The zero-order chi connectivity index (χ0) is 49.2. The molecule has 13 aromatic carbocycles. The largest absolute Gasteiger partial charge is 0.311 e. The minimum atomic E-state index is 1.08. The van der Waals surface area contributed by atoms with E-state index in [1.807, 2.05) is 0 Å². The zero-order valence-corrected chi connectivity index (χ0v) is 40.8. The molecule has 13 rings (SSSR count). The Morgan fingerprint density at radius 1 is 0.176 bits per heavy atom. The maximum absolute atomic E-state index is 2.45. The number of anilines is 6. The van der Waals surface area contributed by atoms with E-state index in [2.05, 4.69) is 313 Å². The summed E-state index contributed by atoms with van der Waals surface area (Å²) in [6, 6.07) is 110. The minimum Gasteiger partial charge on any atom is -0.311 e. The van der Waals surface area contributed by atoms with E-state index in [0.717, 1.165) is 45.3 Å². The molecule has 0 N–H and O–H groups in total. The summed E-state index contributed by atoms with van der Waals surface area (Å²) >= 11 is 0. The van der Waals surface area contributed by atoms with Crippen LogP contribution in [0.5, 0.6) is 0 Å². The van der Waals surface area contributed by atoms with Crippen LogP contribution in [0, 0.1) is 0 Å². The Morgan fingerprint density at radius 3 is 1.03 bits per heavy atom. The summed E-state index contributed by atoms with van der Waals surface area (Å²) in [5, 5.41) is 7.27. The van der Waals surface area contributed by atoms with Gasteiger partial charge in [-0.05, 0) is 144 Å². The Bertz CT molecular complexity index is 3980. The van der Waals surface area contributed by atoms with Gasteiger partial charge in [0.15, 0.2) is 0 Å². The van der Waals surface area contributed by atoms with Gasteiger partial charge in [-0.25, -0.2) is 0 Å². The molecule has 0 spiro atoms. The molecule has 348 valence electrons. The van der Waals surface area contributed by atoms with Gasteiger partial charge in [0.05, 0.1) is 11.4 Å². The van der Waals surface area contributed by atoms with E-state index >= 15 is 0 Å². The molecule has 0 saturated carbocycles. The first kappa shape index (κ1) is 44.2. The molecule has 0 fully saturated rings. The number of rotatable bonds is 11. The third-order valence-electron chi connectivity index (χ3n) is 14.5. The lowest BCUT2D eigenvalue weighted by molar-refractivity contribution is 1.28. The average Bonchev–Trinajstić information content (AvgIpc) is 3.48. The lowest BCUT2D eigenvalue weighted by Crippen LogP contribution is -2.11. The SMILES string of the molecule is c1ccc(-c2ccc(N(c3ccc(-c4ccccc4)cc3)c3ccc(-c4ccc(N(c5cccc6ccccc56)c5cc(-c6ccc(-c7cccc8ccccc78)cc6)cc6ccccc56)cc4)cc3)cc2)cc1. The van der Waals surface area contributed by atoms with Gasteiger partial charge in [-0.1, -0.05) is 237 Å². The lowest BCUT2D eigenvalue weighted by atomic mass is 9.94. The quantitative estimate of drug-likeness (QED) is 0.127. The van der Waals surface area contributed by atoms with Crippen molar-refractivity contribution in [3.63, 3.8) is 0 Å². The number of hydrogen-bond donors (Lipinski definition) is 0. The van der Waals surface area contributed by atoms with E-state index in [9.17, 15) is 0 Å². The molecule has 0 unspecified atom stereocenters. The van der Waals surface area contributed by atoms with Crippen molar-refractivity contribution < 1.29 is 0 Å². The molecular formula is C72H50N2. The molecule has 2 nitrogen and oxygen atoms in total. The van der Waals surface area contributed by atoms with Gasteiger partial charge in [-0.3, -0.25) is 0 Å². The number of fused-ring (bicyclic) bond motifs is 3. The summed E-state index contributed by atoms with van der Waals surface area (Å²) in [5.41, 5.74) is 18.5. The van der Waals surface area contributed by atoms with Crippen molar-refractivity contribution >= 4 is 66.4 Å². The van der Waals surface area contributed by atoms with Crippen LogP contribution in [0.25, 0.3) is 88.0 Å². The molecule has 13 aromatic rings. The molecule has 0 heterocycles. The minimum absolute atomic E-state index is 1.08. The Hall–Kier alpha value is -9.76. The van der Waals surface area contributed by atoms with Crippen LogP contribution in [-0.2, 0) is 0 Å². The fourth-order valence-electron chi connectivity index (χ4n) is 10.7. The van der Waals surface area contributed by atoms with E-state index in [-0.39, 0.29) is 0 Å². The lowest BCUT2D eigenvalue weighted by Gasteiger charge is -2.29. The Kier molecular flexibility index (Phi) is 11.6. The van der Waals surface area contributed by atoms with Gasteiger partial charge in [0.2, 0.25) is 0 Å². The topological polar surface area (TPSA) is 6.48 Å². The van der Waals surface area contributed by atoms with Crippen molar-refractivity contribution in [3.05, 3.63) is 303 Å². The summed E-state index contributed by atoms with van der Waals surface area (Å²) in [6.45, 7) is 0. The number of hydrogen-bond acceptors (Lipinski definition) is 2. The van der Waals surface area contributed by atoms with E-state index in [4.69, 9.17) is 0 Å². The summed E-state index contributed by atoms with van der Waals surface area (Å²) in [4.78, 5) is 4.80. The third kappa shape index (κ3) is 8.55. The normalized spacial score (nSPS) is 11.2. The zero-order valence-electron chi connectivity index (χ0n) is 40.8. The highest BCUT2D eigenvalue weighted by molar-refractivity contribution is 6.07. The summed E-state index contributed by atoms with van der Waals surface area (Å²) in [6.07, 6.45) is 0. The second-order valence-electron chi connectivity index (χ2n) is 18.9. The molecule has 0 aliphatic carbocycles. The predicted molar refractivity (Wildman–Crippen MR) is 316 cm³/mol. The van der Waals surface area contributed by atoms with Crippen molar-refractivity contribution in [2.75, 3.05) is 9.80 Å². The molecule has 0 bridgehead atoms. The highest BCUT2D eigenvalue weighted by Crippen LogP contribution is 2.45. The summed E-state index contributed by atoms with van der Waals surface area (Å²) < 4.78 is 0. The van der Waals surface area contributed by atoms with Crippen molar-refractivity contribution in [1.82, 2.24) is 0 Å². The van der Waals surface area contributed by atoms with Gasteiger partial charge < -0.3 is 9.80 Å². The maximum atomic E-state index is 2.45. The van der Waals surface area contributed by atoms with Crippen LogP contribution >= 0.6 is 0 Å². The van der Waals surface area contributed by atoms with E-state index < -0.39 is 0 Å². The predicted octanol–water partition coefficient (Wildman–Crippen LogP) is 20.4. The van der Waals surface area contributed by atoms with Crippen LogP contribution in [0.15, 0.2) is 303 Å². The molecule has 0 aromatic heterocycles. The summed E-state index contributed by atoms with van der Waals surface area (Å²) in [7, 11) is 0. The van der Waals surface area contributed by atoms with Gasteiger partial charge in [-0.2, -0.15) is 0 Å². The first-order valence-electron chi connectivity index (χ1n) is 25.4. The van der Waals surface area contributed by atoms with E-state index in [1.54, 1.807) is 0 Å². The van der Waals surface area contributed by atoms with Crippen LogP contribution in [0.3, 0.4) is 0 Å². The molecule has 0 aliphatic heterocycles. The van der Waals surface area contributed by atoms with Crippen molar-refractivity contribution in [1.29, 1.82) is 0 Å². The van der Waals surface area contributed by atoms with Crippen LogP contribution in [-0.4, -0.2) is 0 Å². The van der Waals surface area contributed by atoms with Crippen LogP contribution in [0.1, 0.15) is 0 Å². The molecule has 0 atom stereocenters. The second-order valence-corrected chi connectivity index (χ2v) is 18.9. The standard InChI is InChI=1S/C72H50N2/c1-3-15-51(16-4-1)53-33-41-63(42-34-53)73(64-43-35-54(36-44-64)52-17-5-2-6-18-52)65-45-37-55(38-46-65)56-39-47-66(48-40-56)74(71-28-14-23-59-20-8-11-25-69(59)71)72-50-62(49-61-21-9-12-26-70(61)72)57-29-31-60(32-30-57)68-27-13-22-58-19-7-10-24-67(58)68/h1-50H. The smallest absolute Gasteiger partial charge is 0.0546 e. The van der Waals surface area contributed by atoms with Gasteiger partial charge in [0, 0.05) is 33.5 Å². The average molecular weight is 943 g/mol. The Morgan fingerprint density at radius 2 is 0.514 bits per heavy atom. The Labute approximate surface area is 433 Å². The number of benzene rings is 13. The van der Waals surface area contributed by atoms with Crippen LogP contribution < -0.4 is 9.80 Å². The molecule has 0 saturated heterocycles. The monoisotopic (exact) mass is 942 g/mol. The van der Waals surface area contributed by atoms with Crippen LogP contribution in [0.4, 0.5) is 34.1 Å². The van der Waals surface area contributed by atoms with Crippen molar-refractivity contribution in [3.8, 4) is 55.6 Å². The van der Waals surface area contributed by atoms with Crippen molar-refractivity contribution in [2.24, 2.45) is 0 Å². The van der Waals surface area contributed by atoms with Gasteiger partial charge in [0.1, 0.15) is 0 Å². The second kappa shape index (κ2) is 19.4. The maximum Gasteiger partial charge on any atom is 0.0546 e.